The van der Waals surface area contributed by atoms with E-state index in [0.717, 1.165) is 5.56 Å². The minimum atomic E-state index is -0.234. The molecule has 0 radical (unpaired) electrons. The number of aryl methyl sites for hydroxylation is 1. The van der Waals surface area contributed by atoms with E-state index in [9.17, 15) is 9.59 Å². The van der Waals surface area contributed by atoms with Crippen LogP contribution in [0.1, 0.15) is 33.2 Å². The third-order valence-corrected chi connectivity index (χ3v) is 6.47. The topological polar surface area (TPSA) is 48.3 Å². The van der Waals surface area contributed by atoms with Crippen molar-refractivity contribution in [1.82, 2.24) is 4.57 Å². The van der Waals surface area contributed by atoms with E-state index in [0.29, 0.717) is 28.2 Å². The average molecular weight is 444 g/mol. The number of fused-ring (bicyclic) bond motifs is 4. The number of hydrogen-bond acceptors (Lipinski definition) is 3. The summed E-state index contributed by atoms with van der Waals surface area (Å²) in [6, 6.07) is 21.7. The van der Waals surface area contributed by atoms with Gasteiger partial charge < -0.3 is 9.30 Å². The van der Waals surface area contributed by atoms with Crippen molar-refractivity contribution < 1.29 is 14.3 Å². The zero-order valence-corrected chi connectivity index (χ0v) is 18.8. The molecule has 2 heterocycles. The molecule has 34 heavy (non-hydrogen) atoms. The Labute approximate surface area is 196 Å². The van der Waals surface area contributed by atoms with Gasteiger partial charge in [0.2, 0.25) is 0 Å². The summed E-state index contributed by atoms with van der Waals surface area (Å²) in [6.45, 7) is 1.82. The van der Waals surface area contributed by atoms with Gasteiger partial charge in [0.1, 0.15) is 11.5 Å². The summed E-state index contributed by atoms with van der Waals surface area (Å²) in [7, 11) is 2.08. The van der Waals surface area contributed by atoms with E-state index in [1.165, 1.54) is 21.8 Å². The Morgan fingerprint density at radius 1 is 0.765 bits per heavy atom. The monoisotopic (exact) mass is 443 g/mol. The maximum absolute atomic E-state index is 12.9. The number of carbonyl (C=O) groups is 2. The van der Waals surface area contributed by atoms with Gasteiger partial charge >= 0.3 is 0 Å². The van der Waals surface area contributed by atoms with Crippen molar-refractivity contribution in [3.8, 4) is 0 Å². The van der Waals surface area contributed by atoms with Crippen molar-refractivity contribution in [2.24, 2.45) is 7.05 Å². The van der Waals surface area contributed by atoms with Crippen LogP contribution in [0.4, 0.5) is 0 Å². The van der Waals surface area contributed by atoms with Crippen LogP contribution < -0.4 is 0 Å². The Kier molecular flexibility index (Phi) is 4.49. The summed E-state index contributed by atoms with van der Waals surface area (Å²) in [5.41, 5.74) is 5.11. The predicted octanol–water partition coefficient (Wildman–Crippen LogP) is 6.54. The van der Waals surface area contributed by atoms with Gasteiger partial charge in [-0.25, -0.2) is 0 Å². The predicted molar refractivity (Wildman–Crippen MR) is 135 cm³/mol. The van der Waals surface area contributed by atoms with Gasteiger partial charge in [-0.3, -0.25) is 9.59 Å². The van der Waals surface area contributed by atoms with Gasteiger partial charge in [-0.1, -0.05) is 54.6 Å². The van der Waals surface area contributed by atoms with Crippen LogP contribution in [0, 0.1) is 0 Å². The molecule has 4 nitrogen and oxygen atoms in total. The fourth-order valence-corrected chi connectivity index (χ4v) is 4.87. The maximum atomic E-state index is 12.9. The lowest BCUT2D eigenvalue weighted by atomic mass is 10.0. The highest BCUT2D eigenvalue weighted by molar-refractivity contribution is 6.40. The number of rotatable bonds is 2. The minimum Gasteiger partial charge on any atom is -0.462 e. The fourth-order valence-electron chi connectivity index (χ4n) is 4.87. The number of nitrogens with zero attached hydrogens (tertiary/aromatic N) is 1. The molecule has 0 fully saturated rings. The molecular weight excluding hydrogens is 422 g/mol. The van der Waals surface area contributed by atoms with Crippen molar-refractivity contribution in [3.63, 3.8) is 0 Å². The van der Waals surface area contributed by atoms with Gasteiger partial charge in [0, 0.05) is 40.0 Å². The van der Waals surface area contributed by atoms with Crippen molar-refractivity contribution in [2.75, 3.05) is 0 Å². The second kappa shape index (κ2) is 7.56. The lowest BCUT2D eigenvalue weighted by molar-refractivity contribution is 0.0988. The highest BCUT2D eigenvalue weighted by atomic mass is 16.5. The third-order valence-electron chi connectivity index (χ3n) is 6.47. The van der Waals surface area contributed by atoms with E-state index < -0.39 is 0 Å². The van der Waals surface area contributed by atoms with Crippen LogP contribution in [-0.4, -0.2) is 16.1 Å². The molecular formula is C30H21NO3. The molecule has 4 aromatic rings. The number of benzene rings is 3. The molecule has 0 saturated heterocycles. The number of hydrogen-bond donors (Lipinski definition) is 0. The van der Waals surface area contributed by atoms with Crippen molar-refractivity contribution >= 4 is 39.4 Å². The Bertz CT molecular complexity index is 1640. The zero-order valence-electron chi connectivity index (χ0n) is 18.8. The van der Waals surface area contributed by atoms with Crippen LogP contribution in [0.15, 0.2) is 108 Å². The van der Waals surface area contributed by atoms with Crippen molar-refractivity contribution in [3.05, 3.63) is 124 Å². The van der Waals surface area contributed by atoms with E-state index in [1.54, 1.807) is 36.4 Å². The first-order valence-electron chi connectivity index (χ1n) is 11.2. The molecule has 0 atom stereocenters. The van der Waals surface area contributed by atoms with Crippen LogP contribution >= 0.6 is 0 Å². The second-order valence-electron chi connectivity index (χ2n) is 8.62. The standard InChI is InChI=1S/C30H21NO3/c1-18-15-20(28-29(32)23-8-3-4-9-24(23)30(28)33)17-21(34-18)13-11-19-12-14-27-25(16-19)22-7-5-6-10-26(22)31(27)2/h3-17H,1-2H3/b13-11+. The molecule has 0 saturated carbocycles. The highest BCUT2D eigenvalue weighted by Gasteiger charge is 2.34. The lowest BCUT2D eigenvalue weighted by Gasteiger charge is -2.14. The summed E-state index contributed by atoms with van der Waals surface area (Å²) in [5.74, 6) is 0.743. The van der Waals surface area contributed by atoms with Crippen molar-refractivity contribution in [2.45, 2.75) is 6.92 Å². The number of aromatic nitrogens is 1. The molecule has 164 valence electrons. The molecule has 2 aliphatic rings. The van der Waals surface area contributed by atoms with Gasteiger partial charge in [-0.2, -0.15) is 0 Å². The summed E-state index contributed by atoms with van der Waals surface area (Å²) >= 11 is 0. The molecule has 6 rings (SSSR count). The maximum Gasteiger partial charge on any atom is 0.198 e. The van der Waals surface area contributed by atoms with Gasteiger partial charge in [-0.15, -0.1) is 0 Å². The second-order valence-corrected chi connectivity index (χ2v) is 8.62. The number of para-hydroxylation sites is 1. The van der Waals surface area contributed by atoms with E-state index in [2.05, 4.69) is 54.1 Å². The van der Waals surface area contributed by atoms with Crippen LogP contribution in [0.3, 0.4) is 0 Å². The summed E-state index contributed by atoms with van der Waals surface area (Å²) in [4.78, 5) is 25.9. The van der Waals surface area contributed by atoms with Crippen LogP contribution in [0.2, 0.25) is 0 Å². The molecule has 1 aromatic heterocycles. The molecule has 4 heteroatoms. The van der Waals surface area contributed by atoms with E-state index in [4.69, 9.17) is 4.74 Å². The normalized spacial score (nSPS) is 15.8. The number of ketones is 2. The number of allylic oxidation sites excluding steroid dienone is 6. The van der Waals surface area contributed by atoms with E-state index in [-0.39, 0.29) is 17.1 Å². The molecule has 0 unspecified atom stereocenters. The molecule has 1 aliphatic heterocycles. The first kappa shape index (κ1) is 20.2. The largest absolute Gasteiger partial charge is 0.462 e. The third kappa shape index (κ3) is 3.07. The van der Waals surface area contributed by atoms with Crippen LogP contribution in [0.5, 0.6) is 0 Å². The summed E-state index contributed by atoms with van der Waals surface area (Å²) < 4.78 is 8.08. The SMILES string of the molecule is CC1=CC(=C2C(=O)c3ccccc3C2=O)C=C(/C=C/c2ccc3c(c2)c2ccccc2n3C)O1. The minimum absolute atomic E-state index is 0.201. The quantitative estimate of drug-likeness (QED) is 0.261. The lowest BCUT2D eigenvalue weighted by Crippen LogP contribution is -2.07. The number of carbonyl (C=O) groups excluding carboxylic acids is 2. The summed E-state index contributed by atoms with van der Waals surface area (Å²) in [5, 5.41) is 2.41. The molecule has 0 bridgehead atoms. The van der Waals surface area contributed by atoms with Crippen LogP contribution in [0.25, 0.3) is 27.9 Å². The first-order valence-corrected chi connectivity index (χ1v) is 11.2. The number of ether oxygens (including phenoxy) is 1. The smallest absolute Gasteiger partial charge is 0.198 e. The Hall–Kier alpha value is -4.44. The Morgan fingerprint density at radius 3 is 2.21 bits per heavy atom. The van der Waals surface area contributed by atoms with E-state index >= 15 is 0 Å². The van der Waals surface area contributed by atoms with Gasteiger partial charge in [0.15, 0.2) is 11.6 Å². The first-order chi connectivity index (χ1) is 16.5. The van der Waals surface area contributed by atoms with Crippen molar-refractivity contribution in [1.29, 1.82) is 0 Å². The molecule has 0 N–H and O–H groups in total. The fraction of sp³-hybridized carbons (Fsp3) is 0.0667. The van der Waals surface area contributed by atoms with Crippen LogP contribution in [-0.2, 0) is 11.8 Å². The molecule has 0 spiro atoms. The summed E-state index contributed by atoms with van der Waals surface area (Å²) in [6.07, 6.45) is 7.37. The Morgan fingerprint density at radius 2 is 1.44 bits per heavy atom. The highest BCUT2D eigenvalue weighted by Crippen LogP contribution is 2.33. The molecule has 3 aromatic carbocycles. The molecule has 1 aliphatic carbocycles. The van der Waals surface area contributed by atoms with Gasteiger partial charge in [0.25, 0.3) is 0 Å². The van der Waals surface area contributed by atoms with Gasteiger partial charge in [-0.05, 0) is 54.5 Å². The molecule has 0 amide bonds. The zero-order chi connectivity index (χ0) is 23.4. The Balaban J connectivity index is 1.38. The van der Waals surface area contributed by atoms with Gasteiger partial charge in [0.05, 0.1) is 5.57 Å². The van der Waals surface area contributed by atoms with E-state index in [1.807, 2.05) is 19.1 Å². The average Bonchev–Trinajstić information content (AvgIpc) is 3.28. The number of Topliss-reactive ketones (excluding diaryl/α,β-unsaturated/α-hetero) is 2.